The number of fused-ring (bicyclic) bond motifs is 1. The van der Waals surface area contributed by atoms with E-state index >= 15 is 0 Å². The molecule has 2 rings (SSSR count). The molecule has 0 bridgehead atoms. The topological polar surface area (TPSA) is 24.9 Å². The number of hydrogen-bond acceptors (Lipinski definition) is 3. The van der Waals surface area contributed by atoms with Crippen LogP contribution in [0.5, 0.6) is 0 Å². The first-order valence-corrected chi connectivity index (χ1v) is 4.47. The number of aromatic nitrogens is 1. The first kappa shape index (κ1) is 12.2. The lowest BCUT2D eigenvalue weighted by molar-refractivity contribution is 0.682. The maximum atomic E-state index is 4.30. The third-order valence-corrected chi connectivity index (χ3v) is 2.65. The molecule has 1 aliphatic heterocycles. The number of thiazole rings is 1. The van der Waals surface area contributed by atoms with Gasteiger partial charge in [0.05, 0.1) is 11.2 Å². The highest BCUT2D eigenvalue weighted by Gasteiger charge is 2.08. The SMILES string of the molecule is Cl.Cl.c1nc2c(s1)CNCCC2. The van der Waals surface area contributed by atoms with Gasteiger partial charge in [-0.05, 0) is 19.4 Å². The zero-order valence-corrected chi connectivity index (χ0v) is 9.03. The Morgan fingerprint density at radius 2 is 2.25 bits per heavy atom. The van der Waals surface area contributed by atoms with Crippen molar-refractivity contribution >= 4 is 36.2 Å². The number of nitrogens with zero attached hydrogens (tertiary/aromatic N) is 1. The third-order valence-electron chi connectivity index (χ3n) is 1.78. The van der Waals surface area contributed by atoms with Crippen LogP contribution < -0.4 is 5.32 Å². The van der Waals surface area contributed by atoms with Crippen LogP contribution in [0.15, 0.2) is 5.51 Å². The van der Waals surface area contributed by atoms with E-state index in [1.807, 2.05) is 5.51 Å². The van der Waals surface area contributed by atoms with E-state index < -0.39 is 0 Å². The van der Waals surface area contributed by atoms with E-state index in [1.54, 1.807) is 11.3 Å². The standard InChI is InChI=1S/C7H10N2S.2ClH/c1-2-6-7(4-8-3-1)10-5-9-6;;/h5,8H,1-4H2;2*1H. The molecular formula is C7H12Cl2N2S. The van der Waals surface area contributed by atoms with Crippen LogP contribution in [0.2, 0.25) is 0 Å². The van der Waals surface area contributed by atoms with Crippen molar-refractivity contribution in [2.45, 2.75) is 19.4 Å². The molecule has 2 heterocycles. The smallest absolute Gasteiger partial charge is 0.0798 e. The van der Waals surface area contributed by atoms with Gasteiger partial charge in [0.2, 0.25) is 0 Å². The van der Waals surface area contributed by atoms with Gasteiger partial charge in [0, 0.05) is 11.4 Å². The van der Waals surface area contributed by atoms with Crippen molar-refractivity contribution in [1.29, 1.82) is 0 Å². The van der Waals surface area contributed by atoms with Crippen molar-refractivity contribution in [3.05, 3.63) is 16.1 Å². The van der Waals surface area contributed by atoms with Gasteiger partial charge >= 0.3 is 0 Å². The molecule has 0 atom stereocenters. The minimum atomic E-state index is 0. The minimum absolute atomic E-state index is 0. The molecule has 0 aliphatic carbocycles. The molecule has 1 N–H and O–H groups in total. The minimum Gasteiger partial charge on any atom is -0.312 e. The van der Waals surface area contributed by atoms with Crippen LogP contribution in [-0.4, -0.2) is 11.5 Å². The monoisotopic (exact) mass is 226 g/mol. The Morgan fingerprint density at radius 3 is 3.08 bits per heavy atom. The summed E-state index contributed by atoms with van der Waals surface area (Å²) < 4.78 is 0. The molecule has 1 aliphatic rings. The highest BCUT2D eigenvalue weighted by atomic mass is 35.5. The lowest BCUT2D eigenvalue weighted by Gasteiger charge is -1.93. The van der Waals surface area contributed by atoms with Crippen LogP contribution in [-0.2, 0) is 13.0 Å². The van der Waals surface area contributed by atoms with Gasteiger partial charge < -0.3 is 5.32 Å². The van der Waals surface area contributed by atoms with Crippen LogP contribution in [0.1, 0.15) is 17.0 Å². The van der Waals surface area contributed by atoms with E-state index in [-0.39, 0.29) is 24.8 Å². The van der Waals surface area contributed by atoms with Gasteiger partial charge in [-0.25, -0.2) is 4.98 Å². The Hall–Kier alpha value is 0.170. The summed E-state index contributed by atoms with van der Waals surface area (Å²) in [4.78, 5) is 5.72. The molecule has 1 aromatic rings. The van der Waals surface area contributed by atoms with E-state index in [0.29, 0.717) is 0 Å². The zero-order chi connectivity index (χ0) is 6.81. The molecule has 0 fully saturated rings. The van der Waals surface area contributed by atoms with Crippen LogP contribution in [0.4, 0.5) is 0 Å². The van der Waals surface area contributed by atoms with Crippen LogP contribution >= 0.6 is 36.2 Å². The molecule has 2 nitrogen and oxygen atoms in total. The van der Waals surface area contributed by atoms with Gasteiger partial charge in [0.25, 0.3) is 0 Å². The summed E-state index contributed by atoms with van der Waals surface area (Å²) in [5.41, 5.74) is 3.26. The summed E-state index contributed by atoms with van der Waals surface area (Å²) in [6.45, 7) is 2.17. The van der Waals surface area contributed by atoms with Gasteiger partial charge in [0.15, 0.2) is 0 Å². The van der Waals surface area contributed by atoms with Crippen molar-refractivity contribution in [1.82, 2.24) is 10.3 Å². The number of halogens is 2. The molecule has 1 aromatic heterocycles. The molecule has 0 amide bonds. The Labute approximate surface area is 88.6 Å². The number of rotatable bonds is 0. The maximum absolute atomic E-state index is 4.30. The number of aryl methyl sites for hydroxylation is 1. The van der Waals surface area contributed by atoms with Gasteiger partial charge in [-0.2, -0.15) is 0 Å². The average Bonchev–Trinajstić information content (AvgIpc) is 2.28. The largest absolute Gasteiger partial charge is 0.312 e. The molecule has 0 aromatic carbocycles. The lowest BCUT2D eigenvalue weighted by atomic mass is 10.2. The fourth-order valence-electron chi connectivity index (χ4n) is 1.22. The second-order valence-corrected chi connectivity index (χ2v) is 3.44. The fraction of sp³-hybridized carbons (Fsp3) is 0.571. The molecule has 5 heteroatoms. The van der Waals surface area contributed by atoms with Gasteiger partial charge in [0.1, 0.15) is 0 Å². The average molecular weight is 227 g/mol. The highest BCUT2D eigenvalue weighted by molar-refractivity contribution is 7.09. The molecular weight excluding hydrogens is 215 g/mol. The van der Waals surface area contributed by atoms with Crippen LogP contribution in [0.3, 0.4) is 0 Å². The van der Waals surface area contributed by atoms with Gasteiger partial charge in [-0.15, -0.1) is 36.2 Å². The summed E-state index contributed by atoms with van der Waals surface area (Å²) in [6, 6.07) is 0. The first-order valence-electron chi connectivity index (χ1n) is 3.59. The summed E-state index contributed by atoms with van der Waals surface area (Å²) >= 11 is 1.77. The maximum Gasteiger partial charge on any atom is 0.0798 e. The zero-order valence-electron chi connectivity index (χ0n) is 6.58. The summed E-state index contributed by atoms with van der Waals surface area (Å²) in [7, 11) is 0. The molecule has 0 radical (unpaired) electrons. The predicted octanol–water partition coefficient (Wildman–Crippen LogP) is 2.02. The van der Waals surface area contributed by atoms with E-state index in [2.05, 4.69) is 10.3 Å². The molecule has 70 valence electrons. The van der Waals surface area contributed by atoms with E-state index in [9.17, 15) is 0 Å². The molecule has 12 heavy (non-hydrogen) atoms. The van der Waals surface area contributed by atoms with Crippen molar-refractivity contribution in [3.63, 3.8) is 0 Å². The molecule has 0 unspecified atom stereocenters. The lowest BCUT2D eigenvalue weighted by Crippen LogP contribution is -2.11. The second-order valence-electron chi connectivity index (χ2n) is 2.50. The Balaban J connectivity index is 0.000000605. The Kier molecular flexibility index (Phi) is 5.84. The Morgan fingerprint density at radius 1 is 1.42 bits per heavy atom. The fourth-order valence-corrected chi connectivity index (χ4v) is 2.01. The van der Waals surface area contributed by atoms with Crippen molar-refractivity contribution in [2.24, 2.45) is 0 Å². The van der Waals surface area contributed by atoms with Crippen LogP contribution in [0.25, 0.3) is 0 Å². The van der Waals surface area contributed by atoms with Gasteiger partial charge in [-0.1, -0.05) is 0 Å². The number of hydrogen-bond donors (Lipinski definition) is 1. The summed E-state index contributed by atoms with van der Waals surface area (Å²) in [5, 5.41) is 3.36. The first-order chi connectivity index (χ1) is 4.97. The molecule has 0 saturated carbocycles. The second kappa shape index (κ2) is 5.75. The Bertz CT molecular complexity index is 206. The summed E-state index contributed by atoms with van der Waals surface area (Å²) in [6.07, 6.45) is 2.39. The van der Waals surface area contributed by atoms with Gasteiger partial charge in [-0.3, -0.25) is 0 Å². The van der Waals surface area contributed by atoms with E-state index in [1.165, 1.54) is 17.0 Å². The van der Waals surface area contributed by atoms with E-state index in [4.69, 9.17) is 0 Å². The molecule has 0 saturated heterocycles. The normalized spacial score (nSPS) is 15.0. The van der Waals surface area contributed by atoms with Crippen molar-refractivity contribution in [2.75, 3.05) is 6.54 Å². The third kappa shape index (κ3) is 2.59. The summed E-state index contributed by atoms with van der Waals surface area (Å²) in [5.74, 6) is 0. The molecule has 0 spiro atoms. The van der Waals surface area contributed by atoms with Crippen molar-refractivity contribution in [3.8, 4) is 0 Å². The quantitative estimate of drug-likeness (QED) is 0.733. The predicted molar refractivity (Wildman–Crippen MR) is 56.6 cm³/mol. The van der Waals surface area contributed by atoms with Crippen molar-refractivity contribution < 1.29 is 0 Å². The van der Waals surface area contributed by atoms with Crippen LogP contribution in [0, 0.1) is 0 Å². The highest BCUT2D eigenvalue weighted by Crippen LogP contribution is 2.16. The number of nitrogens with one attached hydrogen (secondary N) is 1. The van der Waals surface area contributed by atoms with E-state index in [0.717, 1.165) is 19.5 Å².